The van der Waals surface area contributed by atoms with Crippen LogP contribution in [-0.2, 0) is 6.61 Å². The molecule has 1 amide bonds. The first-order valence-electron chi connectivity index (χ1n) is 10.2. The Hall–Kier alpha value is -2.86. The Morgan fingerprint density at radius 3 is 2.76 bits per heavy atom. The first-order valence-corrected chi connectivity index (χ1v) is 10.2. The maximum atomic E-state index is 12.4. The number of carbonyl (C=O) groups excluding carboxylic acids is 1. The van der Waals surface area contributed by atoms with E-state index in [1.165, 1.54) is 6.42 Å². The van der Waals surface area contributed by atoms with Crippen LogP contribution in [-0.4, -0.2) is 33.6 Å². The second-order valence-electron chi connectivity index (χ2n) is 7.81. The van der Waals surface area contributed by atoms with Gasteiger partial charge in [-0.3, -0.25) is 4.79 Å². The highest BCUT2D eigenvalue weighted by molar-refractivity contribution is 5.94. The van der Waals surface area contributed by atoms with Crippen molar-refractivity contribution in [3.05, 3.63) is 65.6 Å². The first kappa shape index (κ1) is 19.5. The number of hydrogen-bond donors (Lipinski definition) is 2. The van der Waals surface area contributed by atoms with E-state index in [2.05, 4.69) is 10.3 Å². The quantitative estimate of drug-likeness (QED) is 0.615. The highest BCUT2D eigenvalue weighted by atomic mass is 16.5. The van der Waals surface area contributed by atoms with E-state index in [-0.39, 0.29) is 18.4 Å². The van der Waals surface area contributed by atoms with Gasteiger partial charge in [-0.25, -0.2) is 4.98 Å². The molecule has 1 aromatic carbocycles. The van der Waals surface area contributed by atoms with E-state index in [1.807, 2.05) is 35.9 Å². The normalized spacial score (nSPS) is 15.1. The van der Waals surface area contributed by atoms with Gasteiger partial charge in [0.2, 0.25) is 0 Å². The van der Waals surface area contributed by atoms with Gasteiger partial charge >= 0.3 is 0 Å². The number of carbonyl (C=O) groups is 1. The predicted octanol–water partition coefficient (Wildman–Crippen LogP) is 3.36. The van der Waals surface area contributed by atoms with Crippen LogP contribution in [0, 0.1) is 18.8 Å². The van der Waals surface area contributed by atoms with Crippen LogP contribution in [0.4, 0.5) is 0 Å². The molecule has 1 saturated carbocycles. The third-order valence-corrected chi connectivity index (χ3v) is 5.81. The molecule has 1 unspecified atom stereocenters. The number of nitrogens with one attached hydrogen (secondary N) is 1. The summed E-state index contributed by atoms with van der Waals surface area (Å²) in [5.41, 5.74) is 3.49. The maximum Gasteiger partial charge on any atom is 0.251 e. The number of aromatic nitrogens is 2. The van der Waals surface area contributed by atoms with Crippen molar-refractivity contribution in [3.63, 3.8) is 0 Å². The van der Waals surface area contributed by atoms with Gasteiger partial charge < -0.3 is 19.6 Å². The summed E-state index contributed by atoms with van der Waals surface area (Å²) < 4.78 is 7.82. The van der Waals surface area contributed by atoms with Gasteiger partial charge in [0.1, 0.15) is 18.0 Å². The lowest BCUT2D eigenvalue weighted by molar-refractivity contribution is 0.0890. The minimum absolute atomic E-state index is 0.120. The summed E-state index contributed by atoms with van der Waals surface area (Å²) in [6.07, 6.45) is 7.46. The molecule has 2 heterocycles. The molecule has 1 fully saturated rings. The van der Waals surface area contributed by atoms with Crippen molar-refractivity contribution in [2.45, 2.75) is 32.8 Å². The van der Waals surface area contributed by atoms with Crippen LogP contribution >= 0.6 is 0 Å². The molecular formula is C23H27N3O3. The van der Waals surface area contributed by atoms with Gasteiger partial charge in [-0.2, -0.15) is 0 Å². The molecule has 6 nitrogen and oxygen atoms in total. The number of aliphatic hydroxyl groups is 1. The topological polar surface area (TPSA) is 75.9 Å². The number of benzene rings is 1. The van der Waals surface area contributed by atoms with E-state index in [0.29, 0.717) is 30.4 Å². The SMILES string of the molecule is Cc1cccn2cc(COc3ccc(C(=O)NCC(CO)C4CCC4)cc3)nc12. The van der Waals surface area contributed by atoms with Crippen molar-refractivity contribution in [3.8, 4) is 5.75 Å². The van der Waals surface area contributed by atoms with E-state index >= 15 is 0 Å². The van der Waals surface area contributed by atoms with Crippen molar-refractivity contribution in [1.82, 2.24) is 14.7 Å². The molecule has 1 atom stereocenters. The molecule has 1 aliphatic carbocycles. The van der Waals surface area contributed by atoms with Crippen LogP contribution in [0.15, 0.2) is 48.8 Å². The number of pyridine rings is 1. The molecule has 2 N–H and O–H groups in total. The number of fused-ring (bicyclic) bond motifs is 1. The van der Waals surface area contributed by atoms with Gasteiger partial charge in [-0.15, -0.1) is 0 Å². The van der Waals surface area contributed by atoms with Gasteiger partial charge in [0.15, 0.2) is 0 Å². The molecule has 29 heavy (non-hydrogen) atoms. The lowest BCUT2D eigenvalue weighted by Gasteiger charge is -2.32. The zero-order valence-corrected chi connectivity index (χ0v) is 16.7. The van der Waals surface area contributed by atoms with E-state index in [4.69, 9.17) is 4.74 Å². The van der Waals surface area contributed by atoms with E-state index < -0.39 is 0 Å². The van der Waals surface area contributed by atoms with E-state index in [9.17, 15) is 9.90 Å². The van der Waals surface area contributed by atoms with Crippen LogP contribution in [0.3, 0.4) is 0 Å². The summed E-state index contributed by atoms with van der Waals surface area (Å²) in [5, 5.41) is 12.5. The number of imidazole rings is 1. The summed E-state index contributed by atoms with van der Waals surface area (Å²) >= 11 is 0. The maximum absolute atomic E-state index is 12.4. The molecule has 2 aromatic heterocycles. The molecule has 0 radical (unpaired) electrons. The van der Waals surface area contributed by atoms with Crippen molar-refractivity contribution in [2.24, 2.45) is 11.8 Å². The summed E-state index contributed by atoms with van der Waals surface area (Å²) in [5.74, 6) is 1.27. The Kier molecular flexibility index (Phi) is 5.81. The second-order valence-corrected chi connectivity index (χ2v) is 7.81. The zero-order valence-electron chi connectivity index (χ0n) is 16.7. The van der Waals surface area contributed by atoms with Gasteiger partial charge in [-0.05, 0) is 48.7 Å². The molecule has 152 valence electrons. The van der Waals surface area contributed by atoms with Crippen molar-refractivity contribution in [1.29, 1.82) is 0 Å². The fraction of sp³-hybridized carbons (Fsp3) is 0.391. The zero-order chi connectivity index (χ0) is 20.2. The van der Waals surface area contributed by atoms with Gasteiger partial charge in [0.05, 0.1) is 5.69 Å². The monoisotopic (exact) mass is 393 g/mol. The summed E-state index contributed by atoms with van der Waals surface area (Å²) in [6.45, 7) is 3.05. The Labute approximate surface area is 170 Å². The molecule has 0 saturated heterocycles. The molecule has 0 spiro atoms. The number of hydrogen-bond acceptors (Lipinski definition) is 4. The molecule has 0 bridgehead atoms. The number of aryl methyl sites for hydroxylation is 1. The standard InChI is InChI=1S/C23H27N3O3/c1-16-4-3-11-26-13-20(25-22(16)26)15-29-21-9-7-18(8-10-21)23(28)24-12-19(14-27)17-5-2-6-17/h3-4,7-11,13,17,19,27H,2,5-6,12,14-15H2,1H3,(H,24,28). The van der Waals surface area contributed by atoms with Crippen molar-refractivity contribution in [2.75, 3.05) is 13.2 Å². The molecular weight excluding hydrogens is 366 g/mol. The predicted molar refractivity (Wildman–Crippen MR) is 111 cm³/mol. The van der Waals surface area contributed by atoms with E-state index in [1.54, 1.807) is 24.3 Å². The fourth-order valence-corrected chi connectivity index (χ4v) is 3.75. The van der Waals surface area contributed by atoms with Crippen LogP contribution < -0.4 is 10.1 Å². The third kappa shape index (κ3) is 4.43. The highest BCUT2D eigenvalue weighted by Crippen LogP contribution is 2.32. The summed E-state index contributed by atoms with van der Waals surface area (Å²) in [4.78, 5) is 17.0. The number of ether oxygens (including phenoxy) is 1. The van der Waals surface area contributed by atoms with Crippen molar-refractivity contribution < 1.29 is 14.6 Å². The van der Waals surface area contributed by atoms with Crippen molar-refractivity contribution >= 4 is 11.6 Å². The molecule has 4 rings (SSSR count). The van der Waals surface area contributed by atoms with Crippen LogP contribution in [0.25, 0.3) is 5.65 Å². The van der Waals surface area contributed by atoms with Gasteiger partial charge in [-0.1, -0.05) is 25.3 Å². The third-order valence-electron chi connectivity index (χ3n) is 5.81. The second kappa shape index (κ2) is 8.66. The Balaban J connectivity index is 1.31. The Morgan fingerprint density at radius 2 is 2.10 bits per heavy atom. The van der Waals surface area contributed by atoms with E-state index in [0.717, 1.165) is 29.7 Å². The lowest BCUT2D eigenvalue weighted by Crippen LogP contribution is -2.36. The number of amides is 1. The summed E-state index contributed by atoms with van der Waals surface area (Å²) in [7, 11) is 0. The molecule has 3 aromatic rings. The molecule has 6 heteroatoms. The number of aliphatic hydroxyl groups excluding tert-OH is 1. The van der Waals surface area contributed by atoms with Crippen LogP contribution in [0.5, 0.6) is 5.75 Å². The largest absolute Gasteiger partial charge is 0.487 e. The lowest BCUT2D eigenvalue weighted by atomic mass is 9.76. The number of nitrogens with zero attached hydrogens (tertiary/aromatic N) is 2. The smallest absolute Gasteiger partial charge is 0.251 e. The first-order chi connectivity index (χ1) is 14.1. The molecule has 0 aliphatic heterocycles. The van der Waals surface area contributed by atoms with Crippen LogP contribution in [0.1, 0.15) is 40.9 Å². The molecule has 1 aliphatic rings. The van der Waals surface area contributed by atoms with Gasteiger partial charge in [0.25, 0.3) is 5.91 Å². The minimum Gasteiger partial charge on any atom is -0.487 e. The average Bonchev–Trinajstić information content (AvgIpc) is 3.13. The Morgan fingerprint density at radius 1 is 1.31 bits per heavy atom. The van der Waals surface area contributed by atoms with Gasteiger partial charge in [0, 0.05) is 37.0 Å². The minimum atomic E-state index is -0.120. The number of rotatable bonds is 8. The summed E-state index contributed by atoms with van der Waals surface area (Å²) in [6, 6.07) is 11.1. The average molecular weight is 393 g/mol. The fourth-order valence-electron chi connectivity index (χ4n) is 3.75. The highest BCUT2D eigenvalue weighted by Gasteiger charge is 2.26. The van der Waals surface area contributed by atoms with Crippen LogP contribution in [0.2, 0.25) is 0 Å². The Bertz CT molecular complexity index is 977.